The van der Waals surface area contributed by atoms with Crippen LogP contribution in [0.5, 0.6) is 0 Å². The predicted octanol–water partition coefficient (Wildman–Crippen LogP) is 10.2. The molecule has 7 aromatic carbocycles. The third-order valence-electron chi connectivity index (χ3n) is 10.4. The summed E-state index contributed by atoms with van der Waals surface area (Å²) in [6.45, 7) is 8.47. The molecule has 0 amide bonds. The topological polar surface area (TPSA) is 23.4 Å². The smallest absolute Gasteiger partial charge is 0.399 e. The molecule has 1 saturated heterocycles. The zero-order valence-corrected chi connectivity index (χ0v) is 26.5. The van der Waals surface area contributed by atoms with Crippen molar-refractivity contribution in [2.75, 3.05) is 0 Å². The van der Waals surface area contributed by atoms with Crippen LogP contribution in [0.4, 0.5) is 0 Å². The number of aromatic nitrogens is 1. The molecule has 1 fully saturated rings. The summed E-state index contributed by atoms with van der Waals surface area (Å²) in [7, 11) is -0.443. The van der Waals surface area contributed by atoms with Gasteiger partial charge in [0.25, 0.3) is 0 Å². The van der Waals surface area contributed by atoms with Gasteiger partial charge in [0.15, 0.2) is 0 Å². The highest BCUT2D eigenvalue weighted by atomic mass is 16.7. The van der Waals surface area contributed by atoms with E-state index in [0.29, 0.717) is 0 Å². The van der Waals surface area contributed by atoms with E-state index in [0.717, 1.165) is 5.46 Å². The molecule has 0 atom stereocenters. The molecule has 0 spiro atoms. The van der Waals surface area contributed by atoms with E-state index < -0.39 is 18.3 Å². The molecule has 3 nitrogen and oxygen atoms in total. The maximum absolute atomic E-state index is 6.60. The van der Waals surface area contributed by atoms with Gasteiger partial charge in [0.2, 0.25) is 0 Å². The first kappa shape index (κ1) is 27.4. The van der Waals surface area contributed by atoms with Crippen LogP contribution < -0.4 is 5.46 Å². The Morgan fingerprint density at radius 1 is 0.457 bits per heavy atom. The van der Waals surface area contributed by atoms with Gasteiger partial charge in [-0.2, -0.15) is 0 Å². The molecule has 2 heterocycles. The first-order valence-corrected chi connectivity index (χ1v) is 16.1. The molecule has 1 aliphatic rings. The fourth-order valence-corrected chi connectivity index (χ4v) is 7.39. The van der Waals surface area contributed by atoms with Crippen LogP contribution in [0, 0.1) is 0 Å². The third-order valence-corrected chi connectivity index (χ3v) is 10.4. The van der Waals surface area contributed by atoms with E-state index in [1.54, 1.807) is 0 Å². The van der Waals surface area contributed by atoms with Crippen LogP contribution >= 0.6 is 0 Å². The van der Waals surface area contributed by atoms with Crippen LogP contribution in [0.15, 0.2) is 133 Å². The van der Waals surface area contributed by atoms with Crippen molar-refractivity contribution in [1.29, 1.82) is 0 Å². The molecular formula is C42H34BNO2. The minimum Gasteiger partial charge on any atom is -0.399 e. The molecule has 0 N–H and O–H groups in total. The molecule has 8 aromatic rings. The average Bonchev–Trinajstić information content (AvgIpc) is 3.53. The minimum absolute atomic E-state index is 0.415. The van der Waals surface area contributed by atoms with Crippen LogP contribution in [0.25, 0.3) is 70.9 Å². The van der Waals surface area contributed by atoms with Crippen molar-refractivity contribution < 1.29 is 9.31 Å². The molecule has 1 aromatic heterocycles. The standard InChI is InChI=1S/C42H34BNO2/c1-41(2)42(3,4)46-43(45-41)37-19-12-18-34-35-25-27(21-23-31(35)30-15-8-9-17-33(30)40(34)37)28-22-24-39-36(26-28)32-16-10-11-20-38(32)44(39)29-13-6-5-7-14-29/h5-26H,1-4H3. The number of fused-ring (bicyclic) bond motifs is 9. The second-order valence-corrected chi connectivity index (χ2v) is 13.6. The van der Waals surface area contributed by atoms with Crippen LogP contribution in [0.1, 0.15) is 27.7 Å². The number of hydrogen-bond donors (Lipinski definition) is 0. The van der Waals surface area contributed by atoms with Gasteiger partial charge in [-0.15, -0.1) is 0 Å². The maximum Gasteiger partial charge on any atom is 0.495 e. The lowest BCUT2D eigenvalue weighted by Gasteiger charge is -2.32. The molecule has 46 heavy (non-hydrogen) atoms. The number of hydrogen-bond acceptors (Lipinski definition) is 2. The Morgan fingerprint density at radius 2 is 1.00 bits per heavy atom. The number of benzene rings is 7. The monoisotopic (exact) mass is 595 g/mol. The fraction of sp³-hybridized carbons (Fsp3) is 0.143. The lowest BCUT2D eigenvalue weighted by atomic mass is 9.74. The zero-order chi connectivity index (χ0) is 31.2. The summed E-state index contributed by atoms with van der Waals surface area (Å²) in [5.74, 6) is 0. The van der Waals surface area contributed by atoms with Crippen LogP contribution in [-0.2, 0) is 9.31 Å². The normalized spacial score (nSPS) is 16.0. The molecule has 0 unspecified atom stereocenters. The summed E-state index contributed by atoms with van der Waals surface area (Å²) >= 11 is 0. The molecule has 222 valence electrons. The van der Waals surface area contributed by atoms with E-state index in [1.165, 1.54) is 70.9 Å². The van der Waals surface area contributed by atoms with Gasteiger partial charge in [-0.3, -0.25) is 0 Å². The lowest BCUT2D eigenvalue weighted by molar-refractivity contribution is 0.00578. The van der Waals surface area contributed by atoms with Crippen molar-refractivity contribution in [2.24, 2.45) is 0 Å². The Hall–Kier alpha value is -4.90. The van der Waals surface area contributed by atoms with Gasteiger partial charge >= 0.3 is 7.12 Å². The first-order chi connectivity index (χ1) is 22.3. The molecule has 4 heteroatoms. The van der Waals surface area contributed by atoms with Crippen molar-refractivity contribution in [1.82, 2.24) is 4.57 Å². The molecular weight excluding hydrogens is 561 g/mol. The summed E-state index contributed by atoms with van der Waals surface area (Å²) in [4.78, 5) is 0. The van der Waals surface area contributed by atoms with E-state index in [-0.39, 0.29) is 0 Å². The van der Waals surface area contributed by atoms with Crippen LogP contribution in [0.3, 0.4) is 0 Å². The summed E-state index contributed by atoms with van der Waals surface area (Å²) in [5.41, 5.74) is 6.24. The van der Waals surface area contributed by atoms with Gasteiger partial charge in [0.1, 0.15) is 0 Å². The van der Waals surface area contributed by atoms with Gasteiger partial charge in [-0.25, -0.2) is 0 Å². The highest BCUT2D eigenvalue weighted by Crippen LogP contribution is 2.41. The third kappa shape index (κ3) is 3.94. The Balaban J connectivity index is 1.27. The molecule has 0 saturated carbocycles. The summed E-state index contributed by atoms with van der Waals surface area (Å²) < 4.78 is 15.6. The second-order valence-electron chi connectivity index (χ2n) is 13.6. The van der Waals surface area contributed by atoms with Crippen molar-refractivity contribution in [3.8, 4) is 16.8 Å². The molecule has 1 aliphatic heterocycles. The SMILES string of the molecule is CC1(C)OB(c2cccc3c4cc(-c5ccc6c(c5)c5ccccc5n6-c5ccccc5)ccc4c4ccccc4c23)OC1(C)C. The van der Waals surface area contributed by atoms with Gasteiger partial charge in [0.05, 0.1) is 22.2 Å². The number of para-hydroxylation sites is 2. The number of nitrogens with zero attached hydrogens (tertiary/aromatic N) is 1. The molecule has 0 bridgehead atoms. The van der Waals surface area contributed by atoms with Crippen molar-refractivity contribution in [3.05, 3.63) is 133 Å². The summed E-state index contributed by atoms with van der Waals surface area (Å²) in [5, 5.41) is 9.86. The van der Waals surface area contributed by atoms with Crippen LogP contribution in [-0.4, -0.2) is 22.9 Å². The second kappa shape index (κ2) is 9.80. The lowest BCUT2D eigenvalue weighted by Crippen LogP contribution is -2.41. The summed E-state index contributed by atoms with van der Waals surface area (Å²) in [6, 6.07) is 48.5. The van der Waals surface area contributed by atoms with E-state index in [4.69, 9.17) is 9.31 Å². The Kier molecular flexibility index (Phi) is 5.84. The Labute approximate surface area is 269 Å². The van der Waals surface area contributed by atoms with E-state index in [2.05, 4.69) is 166 Å². The highest BCUT2D eigenvalue weighted by Gasteiger charge is 2.52. The largest absolute Gasteiger partial charge is 0.495 e. The first-order valence-electron chi connectivity index (χ1n) is 16.1. The van der Waals surface area contributed by atoms with E-state index >= 15 is 0 Å². The quantitative estimate of drug-likeness (QED) is 0.150. The predicted molar refractivity (Wildman–Crippen MR) is 194 cm³/mol. The Morgan fingerprint density at radius 3 is 1.76 bits per heavy atom. The van der Waals surface area contributed by atoms with Crippen LogP contribution in [0.2, 0.25) is 0 Å². The van der Waals surface area contributed by atoms with E-state index in [1.807, 2.05) is 0 Å². The minimum atomic E-state index is -0.443. The zero-order valence-electron chi connectivity index (χ0n) is 26.5. The van der Waals surface area contributed by atoms with Crippen molar-refractivity contribution in [2.45, 2.75) is 38.9 Å². The highest BCUT2D eigenvalue weighted by molar-refractivity contribution is 6.66. The van der Waals surface area contributed by atoms with Gasteiger partial charge in [0, 0.05) is 16.5 Å². The molecule has 0 aliphatic carbocycles. The molecule has 0 radical (unpaired) electrons. The summed E-state index contributed by atoms with van der Waals surface area (Å²) in [6.07, 6.45) is 0. The van der Waals surface area contributed by atoms with Crippen molar-refractivity contribution in [3.63, 3.8) is 0 Å². The van der Waals surface area contributed by atoms with Gasteiger partial charge in [-0.05, 0) is 113 Å². The maximum atomic E-state index is 6.60. The Bertz CT molecular complexity index is 2480. The van der Waals surface area contributed by atoms with Gasteiger partial charge < -0.3 is 13.9 Å². The fourth-order valence-electron chi connectivity index (χ4n) is 7.39. The average molecular weight is 596 g/mol. The van der Waals surface area contributed by atoms with Crippen molar-refractivity contribution >= 4 is 66.7 Å². The molecule has 9 rings (SSSR count). The number of rotatable bonds is 3. The van der Waals surface area contributed by atoms with E-state index in [9.17, 15) is 0 Å². The van der Waals surface area contributed by atoms with Gasteiger partial charge in [-0.1, -0.05) is 97.1 Å².